The second-order valence-electron chi connectivity index (χ2n) is 4.33. The summed E-state index contributed by atoms with van der Waals surface area (Å²) < 4.78 is 11.2. The van der Waals surface area contributed by atoms with Crippen LogP contribution in [0.4, 0.5) is 0 Å². The van der Waals surface area contributed by atoms with Crippen molar-refractivity contribution < 1.29 is 14.3 Å². The summed E-state index contributed by atoms with van der Waals surface area (Å²) in [4.78, 5) is 11.1. The number of rotatable bonds is 5. The third-order valence-corrected chi connectivity index (χ3v) is 3.28. The van der Waals surface area contributed by atoms with E-state index >= 15 is 0 Å². The number of carbonyl (C=O) groups is 1. The highest BCUT2D eigenvalue weighted by molar-refractivity contribution is 5.92. The molecule has 0 aliphatic carbocycles. The van der Waals surface area contributed by atoms with Gasteiger partial charge in [-0.1, -0.05) is 42.5 Å². The molecule has 0 saturated carbocycles. The molecule has 0 radical (unpaired) electrons. The van der Waals surface area contributed by atoms with Gasteiger partial charge in [0.05, 0.1) is 0 Å². The summed E-state index contributed by atoms with van der Waals surface area (Å²) in [5, 5.41) is 0. The predicted molar refractivity (Wildman–Crippen MR) is 76.2 cm³/mol. The van der Waals surface area contributed by atoms with Crippen molar-refractivity contribution in [3.63, 3.8) is 0 Å². The van der Waals surface area contributed by atoms with E-state index in [1.165, 1.54) is 0 Å². The Bertz CT molecular complexity index is 574. The molecule has 0 fully saturated rings. The molecule has 20 heavy (non-hydrogen) atoms. The Kier molecular flexibility index (Phi) is 4.17. The first-order valence-electron chi connectivity index (χ1n) is 6.20. The first-order valence-corrected chi connectivity index (χ1v) is 6.20. The number of amides is 1. The Morgan fingerprint density at radius 3 is 1.85 bits per heavy atom. The number of nitrogens with two attached hydrogens (primary N) is 1. The van der Waals surface area contributed by atoms with Gasteiger partial charge in [-0.2, -0.15) is 0 Å². The zero-order chi connectivity index (χ0) is 14.6. The molecule has 2 rings (SSSR count). The predicted octanol–water partition coefficient (Wildman–Crippen LogP) is 2.28. The van der Waals surface area contributed by atoms with Crippen molar-refractivity contribution in [2.75, 3.05) is 14.2 Å². The van der Waals surface area contributed by atoms with E-state index in [2.05, 4.69) is 0 Å². The Balaban J connectivity index is 2.50. The highest BCUT2D eigenvalue weighted by atomic mass is 16.7. The van der Waals surface area contributed by atoms with Crippen LogP contribution in [0.15, 0.2) is 54.6 Å². The van der Waals surface area contributed by atoms with E-state index in [4.69, 9.17) is 15.2 Å². The van der Waals surface area contributed by atoms with E-state index in [0.717, 1.165) is 11.1 Å². The lowest BCUT2D eigenvalue weighted by atomic mass is 9.96. The van der Waals surface area contributed by atoms with Crippen molar-refractivity contribution in [1.82, 2.24) is 0 Å². The number of hydrogen-bond donors (Lipinski definition) is 1. The summed E-state index contributed by atoms with van der Waals surface area (Å²) in [6.07, 6.45) is 0. The highest BCUT2D eigenvalue weighted by Gasteiger charge is 2.34. The summed E-state index contributed by atoms with van der Waals surface area (Å²) in [7, 11) is 3.16. The van der Waals surface area contributed by atoms with Crippen molar-refractivity contribution in [1.29, 1.82) is 0 Å². The minimum Gasteiger partial charge on any atom is -0.366 e. The summed E-state index contributed by atoms with van der Waals surface area (Å²) in [5.41, 5.74) is 7.36. The fourth-order valence-corrected chi connectivity index (χ4v) is 2.23. The molecule has 0 aliphatic heterocycles. The average Bonchev–Trinajstić information content (AvgIpc) is 2.51. The molecular formula is C16H17NO3. The van der Waals surface area contributed by atoms with Crippen LogP contribution in [-0.2, 0) is 15.3 Å². The van der Waals surface area contributed by atoms with Crippen LogP contribution in [0.2, 0.25) is 0 Å². The minimum absolute atomic E-state index is 0.447. The smallest absolute Gasteiger partial charge is 0.248 e. The van der Waals surface area contributed by atoms with Crippen LogP contribution in [-0.4, -0.2) is 20.1 Å². The highest BCUT2D eigenvalue weighted by Crippen LogP contribution is 2.33. The summed E-state index contributed by atoms with van der Waals surface area (Å²) >= 11 is 0. The van der Waals surface area contributed by atoms with Gasteiger partial charge in [-0.3, -0.25) is 4.79 Å². The third kappa shape index (κ3) is 2.43. The second kappa shape index (κ2) is 5.86. The molecule has 0 bridgehead atoms. The lowest BCUT2D eigenvalue weighted by molar-refractivity contribution is -0.183. The minimum atomic E-state index is -1.00. The maximum atomic E-state index is 11.1. The molecule has 0 unspecified atom stereocenters. The number of carbonyl (C=O) groups excluding carboxylic acids is 1. The van der Waals surface area contributed by atoms with Crippen molar-refractivity contribution in [2.45, 2.75) is 5.79 Å². The van der Waals surface area contributed by atoms with Crippen molar-refractivity contribution >= 4 is 5.91 Å². The largest absolute Gasteiger partial charge is 0.366 e. The fraction of sp³-hybridized carbons (Fsp3) is 0.188. The Labute approximate surface area is 118 Å². The lowest BCUT2D eigenvalue weighted by Crippen LogP contribution is -2.32. The van der Waals surface area contributed by atoms with Crippen LogP contribution in [0.1, 0.15) is 21.5 Å². The first-order chi connectivity index (χ1) is 9.64. The van der Waals surface area contributed by atoms with Crippen LogP contribution in [0.3, 0.4) is 0 Å². The topological polar surface area (TPSA) is 61.6 Å². The molecule has 4 heteroatoms. The summed E-state index contributed by atoms with van der Waals surface area (Å²) in [6, 6.07) is 16.5. The molecule has 4 nitrogen and oxygen atoms in total. The molecule has 0 spiro atoms. The van der Waals surface area contributed by atoms with Gasteiger partial charge < -0.3 is 15.2 Å². The summed E-state index contributed by atoms with van der Waals surface area (Å²) in [6.45, 7) is 0. The number of ether oxygens (including phenoxy) is 2. The molecule has 0 heterocycles. The first kappa shape index (κ1) is 14.2. The molecule has 0 aliphatic rings. The Morgan fingerprint density at radius 1 is 0.900 bits per heavy atom. The van der Waals surface area contributed by atoms with Gasteiger partial charge in [-0.15, -0.1) is 0 Å². The van der Waals surface area contributed by atoms with Gasteiger partial charge in [-0.05, 0) is 12.1 Å². The maximum absolute atomic E-state index is 11.1. The molecule has 0 atom stereocenters. The number of hydrogen-bond acceptors (Lipinski definition) is 3. The molecule has 0 saturated heterocycles. The van der Waals surface area contributed by atoms with Crippen molar-refractivity contribution in [3.05, 3.63) is 71.3 Å². The SMILES string of the molecule is COC(OC)(c1ccccc1)c1ccc(C(N)=O)cc1. The average molecular weight is 271 g/mol. The standard InChI is InChI=1S/C16H17NO3/c1-19-16(20-2,13-6-4-3-5-7-13)14-10-8-12(9-11-14)15(17)18/h3-11H,1-2H3,(H2,17,18). The molecule has 2 aromatic rings. The van der Waals surface area contributed by atoms with E-state index in [9.17, 15) is 4.79 Å². The van der Waals surface area contributed by atoms with Gasteiger partial charge in [0.1, 0.15) is 0 Å². The molecule has 2 N–H and O–H groups in total. The van der Waals surface area contributed by atoms with Gasteiger partial charge >= 0.3 is 0 Å². The van der Waals surface area contributed by atoms with Crippen LogP contribution < -0.4 is 5.73 Å². The van der Waals surface area contributed by atoms with Gasteiger partial charge in [0, 0.05) is 30.9 Å². The lowest BCUT2D eigenvalue weighted by Gasteiger charge is -2.31. The number of methoxy groups -OCH3 is 2. The van der Waals surface area contributed by atoms with Crippen LogP contribution in [0.25, 0.3) is 0 Å². The third-order valence-electron chi connectivity index (χ3n) is 3.28. The van der Waals surface area contributed by atoms with Gasteiger partial charge in [0.25, 0.3) is 0 Å². The van der Waals surface area contributed by atoms with Crippen molar-refractivity contribution in [3.8, 4) is 0 Å². The van der Waals surface area contributed by atoms with E-state index in [1.54, 1.807) is 38.5 Å². The maximum Gasteiger partial charge on any atom is 0.248 e. The number of benzene rings is 2. The second-order valence-corrected chi connectivity index (χ2v) is 4.33. The molecule has 0 aromatic heterocycles. The van der Waals surface area contributed by atoms with E-state index in [1.807, 2.05) is 30.3 Å². The zero-order valence-electron chi connectivity index (χ0n) is 11.5. The van der Waals surface area contributed by atoms with Gasteiger partial charge in [-0.25, -0.2) is 0 Å². The van der Waals surface area contributed by atoms with E-state index in [0.29, 0.717) is 5.56 Å². The molecule has 1 amide bonds. The van der Waals surface area contributed by atoms with E-state index < -0.39 is 11.7 Å². The quantitative estimate of drug-likeness (QED) is 0.849. The van der Waals surface area contributed by atoms with Gasteiger partial charge in [0.2, 0.25) is 11.7 Å². The molecule has 2 aromatic carbocycles. The Morgan fingerprint density at radius 2 is 1.40 bits per heavy atom. The van der Waals surface area contributed by atoms with Crippen LogP contribution in [0.5, 0.6) is 0 Å². The number of primary amides is 1. The fourth-order valence-electron chi connectivity index (χ4n) is 2.23. The van der Waals surface area contributed by atoms with E-state index in [-0.39, 0.29) is 0 Å². The summed E-state index contributed by atoms with van der Waals surface area (Å²) in [5.74, 6) is -1.46. The zero-order valence-corrected chi connectivity index (χ0v) is 11.5. The Hall–Kier alpha value is -2.17. The molecular weight excluding hydrogens is 254 g/mol. The van der Waals surface area contributed by atoms with Crippen LogP contribution in [0, 0.1) is 0 Å². The monoisotopic (exact) mass is 271 g/mol. The van der Waals surface area contributed by atoms with Crippen molar-refractivity contribution in [2.24, 2.45) is 5.73 Å². The normalized spacial score (nSPS) is 11.3. The van der Waals surface area contributed by atoms with Gasteiger partial charge in [0.15, 0.2) is 0 Å². The molecule has 104 valence electrons. The van der Waals surface area contributed by atoms with Crippen LogP contribution >= 0.6 is 0 Å².